The lowest BCUT2D eigenvalue weighted by atomic mass is 10.0. The molecule has 0 radical (unpaired) electrons. The molecular formula is C38H42N4O5. The van der Waals surface area contributed by atoms with Crippen LogP contribution in [-0.4, -0.2) is 55.1 Å². The van der Waals surface area contributed by atoms with E-state index in [1.54, 1.807) is 43.3 Å². The summed E-state index contributed by atoms with van der Waals surface area (Å²) in [6.45, 7) is 5.23. The molecule has 1 atom stereocenters. The number of carbonyl (C=O) groups is 3. The predicted octanol–water partition coefficient (Wildman–Crippen LogP) is 6.59. The van der Waals surface area contributed by atoms with Crippen LogP contribution < -0.4 is 20.7 Å². The number of urea groups is 1. The number of piperidine rings is 1. The number of esters is 1. The third kappa shape index (κ3) is 10.2. The number of para-hydroxylation sites is 1. The zero-order chi connectivity index (χ0) is 32.8. The molecule has 0 spiro atoms. The Kier molecular flexibility index (Phi) is 12.0. The molecule has 1 aliphatic rings. The predicted molar refractivity (Wildman–Crippen MR) is 182 cm³/mol. The Morgan fingerprint density at radius 3 is 2.11 bits per heavy atom. The lowest BCUT2D eigenvalue weighted by Gasteiger charge is -2.32. The number of carbonyl (C=O) groups excluding carboxylic acids is 3. The first-order valence-electron chi connectivity index (χ1n) is 16.2. The number of hydrogen-bond acceptors (Lipinski definition) is 6. The van der Waals surface area contributed by atoms with Crippen molar-refractivity contribution >= 4 is 23.6 Å². The molecule has 0 bridgehead atoms. The molecular weight excluding hydrogens is 592 g/mol. The third-order valence-electron chi connectivity index (χ3n) is 8.08. The summed E-state index contributed by atoms with van der Waals surface area (Å²) in [6.07, 6.45) is 1.87. The van der Waals surface area contributed by atoms with Crippen molar-refractivity contribution in [2.45, 2.75) is 44.9 Å². The van der Waals surface area contributed by atoms with Crippen LogP contribution in [0.3, 0.4) is 0 Å². The van der Waals surface area contributed by atoms with E-state index in [2.05, 4.69) is 45.1 Å². The largest absolute Gasteiger partial charge is 0.486 e. The normalized spacial score (nSPS) is 14.1. The molecule has 1 aliphatic heterocycles. The van der Waals surface area contributed by atoms with Crippen molar-refractivity contribution in [3.8, 4) is 5.75 Å². The van der Waals surface area contributed by atoms with Crippen LogP contribution in [0.15, 0.2) is 109 Å². The van der Waals surface area contributed by atoms with Gasteiger partial charge in [0.15, 0.2) is 0 Å². The number of amides is 3. The number of rotatable bonds is 13. The Morgan fingerprint density at radius 2 is 1.45 bits per heavy atom. The summed E-state index contributed by atoms with van der Waals surface area (Å²) < 4.78 is 11.5. The standard InChI is InChI=1S/C38H42N4O5/c1-2-46-37(44)31-15-13-29(14-16-31)35(47-34-19-17-30(18-20-34)36(43)40-32-11-7-4-8-12-32)21-24-39-38(45)41-33-22-25-42(26-23-33)27-28-9-5-3-6-10-28/h3-20,33,35H,2,21-27H2,1H3,(H,40,43)(H2,39,41,45). The second-order valence-corrected chi connectivity index (χ2v) is 11.5. The van der Waals surface area contributed by atoms with Crippen LogP contribution in [0.1, 0.15) is 64.1 Å². The van der Waals surface area contributed by atoms with Gasteiger partial charge in [-0.05, 0) is 79.4 Å². The van der Waals surface area contributed by atoms with Gasteiger partial charge in [-0.15, -0.1) is 0 Å². The fraction of sp³-hybridized carbons (Fsp3) is 0.289. The fourth-order valence-electron chi connectivity index (χ4n) is 5.55. The number of anilines is 1. The molecule has 5 rings (SSSR count). The van der Waals surface area contributed by atoms with Gasteiger partial charge in [0.05, 0.1) is 12.2 Å². The van der Waals surface area contributed by atoms with Crippen LogP contribution in [-0.2, 0) is 11.3 Å². The van der Waals surface area contributed by atoms with Crippen LogP contribution >= 0.6 is 0 Å². The first-order valence-corrected chi connectivity index (χ1v) is 16.2. The highest BCUT2D eigenvalue weighted by Gasteiger charge is 2.21. The topological polar surface area (TPSA) is 109 Å². The second-order valence-electron chi connectivity index (χ2n) is 11.5. The molecule has 9 heteroatoms. The molecule has 4 aromatic carbocycles. The van der Waals surface area contributed by atoms with Gasteiger partial charge in [-0.3, -0.25) is 9.69 Å². The van der Waals surface area contributed by atoms with Gasteiger partial charge in [-0.1, -0.05) is 60.7 Å². The molecule has 1 fully saturated rings. The van der Waals surface area contributed by atoms with Gasteiger partial charge in [-0.2, -0.15) is 0 Å². The van der Waals surface area contributed by atoms with Crippen molar-refractivity contribution < 1.29 is 23.9 Å². The minimum Gasteiger partial charge on any atom is -0.486 e. The number of likely N-dealkylation sites (tertiary alicyclic amines) is 1. The molecule has 0 aromatic heterocycles. The van der Waals surface area contributed by atoms with Crippen molar-refractivity contribution in [1.82, 2.24) is 15.5 Å². The summed E-state index contributed by atoms with van der Waals surface area (Å²) in [4.78, 5) is 40.1. The third-order valence-corrected chi connectivity index (χ3v) is 8.08. The Balaban J connectivity index is 1.15. The van der Waals surface area contributed by atoms with Crippen molar-refractivity contribution in [2.24, 2.45) is 0 Å². The van der Waals surface area contributed by atoms with E-state index in [1.807, 2.05) is 48.5 Å². The first-order chi connectivity index (χ1) is 23.0. The van der Waals surface area contributed by atoms with Crippen LogP contribution in [0.2, 0.25) is 0 Å². The number of benzene rings is 4. The van der Waals surface area contributed by atoms with Crippen molar-refractivity contribution in [2.75, 3.05) is 31.6 Å². The molecule has 0 saturated carbocycles. The molecule has 244 valence electrons. The molecule has 3 amide bonds. The molecule has 1 heterocycles. The SMILES string of the molecule is CCOC(=O)c1ccc(C(CCNC(=O)NC2CCN(Cc3ccccc3)CC2)Oc2ccc(C(=O)Nc3ccccc3)cc2)cc1. The van der Waals surface area contributed by atoms with E-state index in [1.165, 1.54) is 5.56 Å². The molecule has 1 unspecified atom stereocenters. The van der Waals surface area contributed by atoms with Crippen molar-refractivity contribution in [3.05, 3.63) is 131 Å². The summed E-state index contributed by atoms with van der Waals surface area (Å²) in [5, 5.41) is 9.00. The number of nitrogens with one attached hydrogen (secondary N) is 3. The summed E-state index contributed by atoms with van der Waals surface area (Å²) in [5.41, 5.74) is 3.82. The average molecular weight is 635 g/mol. The summed E-state index contributed by atoms with van der Waals surface area (Å²) >= 11 is 0. The lowest BCUT2D eigenvalue weighted by molar-refractivity contribution is 0.0526. The van der Waals surface area contributed by atoms with Gasteiger partial charge in [0.25, 0.3) is 5.91 Å². The summed E-state index contributed by atoms with van der Waals surface area (Å²) in [5.74, 6) is -0.0245. The van der Waals surface area contributed by atoms with Crippen molar-refractivity contribution in [1.29, 1.82) is 0 Å². The van der Waals surface area contributed by atoms with E-state index in [0.29, 0.717) is 42.1 Å². The minimum absolute atomic E-state index is 0.127. The summed E-state index contributed by atoms with van der Waals surface area (Å²) in [7, 11) is 0. The Bertz CT molecular complexity index is 1570. The molecule has 47 heavy (non-hydrogen) atoms. The second kappa shape index (κ2) is 17.0. The maximum atomic E-state index is 12.8. The number of ether oxygens (including phenoxy) is 2. The van der Waals surface area contributed by atoms with E-state index in [0.717, 1.165) is 38.0 Å². The smallest absolute Gasteiger partial charge is 0.338 e. The lowest BCUT2D eigenvalue weighted by Crippen LogP contribution is -2.48. The minimum atomic E-state index is -0.420. The van der Waals surface area contributed by atoms with E-state index < -0.39 is 6.10 Å². The van der Waals surface area contributed by atoms with Gasteiger partial charge >= 0.3 is 12.0 Å². The van der Waals surface area contributed by atoms with Gasteiger partial charge < -0.3 is 25.4 Å². The maximum absolute atomic E-state index is 12.8. The van der Waals surface area contributed by atoms with E-state index in [9.17, 15) is 14.4 Å². The molecule has 1 saturated heterocycles. The zero-order valence-corrected chi connectivity index (χ0v) is 26.7. The Labute approximate surface area is 276 Å². The van der Waals surface area contributed by atoms with Gasteiger partial charge in [0, 0.05) is 49.9 Å². The van der Waals surface area contributed by atoms with Gasteiger partial charge in [0.2, 0.25) is 0 Å². The number of nitrogens with zero attached hydrogens (tertiary/aromatic N) is 1. The van der Waals surface area contributed by atoms with Crippen LogP contribution in [0.4, 0.5) is 10.5 Å². The molecule has 3 N–H and O–H groups in total. The monoisotopic (exact) mass is 634 g/mol. The van der Waals surface area contributed by atoms with Gasteiger partial charge in [0.1, 0.15) is 11.9 Å². The molecule has 0 aliphatic carbocycles. The first kappa shape index (κ1) is 33.2. The van der Waals surface area contributed by atoms with Crippen LogP contribution in [0.25, 0.3) is 0 Å². The zero-order valence-electron chi connectivity index (χ0n) is 26.7. The molecule has 4 aromatic rings. The number of hydrogen-bond donors (Lipinski definition) is 3. The maximum Gasteiger partial charge on any atom is 0.338 e. The fourth-order valence-corrected chi connectivity index (χ4v) is 5.55. The van der Waals surface area contributed by atoms with E-state index in [4.69, 9.17) is 9.47 Å². The quantitative estimate of drug-likeness (QED) is 0.143. The highest BCUT2D eigenvalue weighted by molar-refractivity contribution is 6.04. The Morgan fingerprint density at radius 1 is 0.809 bits per heavy atom. The average Bonchev–Trinajstić information content (AvgIpc) is 3.10. The summed E-state index contributed by atoms with van der Waals surface area (Å²) in [6, 6.07) is 33.7. The highest BCUT2D eigenvalue weighted by atomic mass is 16.5. The Hall–Kier alpha value is -5.15. The van der Waals surface area contributed by atoms with E-state index >= 15 is 0 Å². The van der Waals surface area contributed by atoms with E-state index in [-0.39, 0.29) is 23.9 Å². The highest BCUT2D eigenvalue weighted by Crippen LogP contribution is 2.26. The molecule has 9 nitrogen and oxygen atoms in total. The van der Waals surface area contributed by atoms with Crippen LogP contribution in [0, 0.1) is 0 Å². The van der Waals surface area contributed by atoms with Crippen molar-refractivity contribution in [3.63, 3.8) is 0 Å². The van der Waals surface area contributed by atoms with Crippen LogP contribution in [0.5, 0.6) is 5.75 Å². The van der Waals surface area contributed by atoms with Gasteiger partial charge in [-0.25, -0.2) is 9.59 Å².